The molecular formula is C43H47N5O8S. The molecule has 6 rings (SSSR count). The van der Waals surface area contributed by atoms with E-state index in [-0.39, 0.29) is 50.6 Å². The molecular weight excluding hydrogens is 747 g/mol. The van der Waals surface area contributed by atoms with Crippen molar-refractivity contribution in [3.05, 3.63) is 124 Å². The number of carbonyl (C=O) groups is 5. The number of nitrogens with one attached hydrogen (secondary N) is 2. The number of hydrogen-bond donors (Lipinski definition) is 3. The van der Waals surface area contributed by atoms with Crippen molar-refractivity contribution in [3.8, 4) is 0 Å². The lowest BCUT2D eigenvalue weighted by atomic mass is 9.89. The first-order chi connectivity index (χ1) is 27.8. The first-order valence-corrected chi connectivity index (χ1v) is 20.1. The first-order valence-electron chi connectivity index (χ1n) is 19.2. The molecule has 1 fully saturated rings. The predicted octanol–water partition coefficient (Wildman–Crippen LogP) is 6.60. The van der Waals surface area contributed by atoms with E-state index in [0.717, 1.165) is 16.0 Å². The van der Waals surface area contributed by atoms with E-state index < -0.39 is 48.0 Å². The lowest BCUT2D eigenvalue weighted by Crippen LogP contribution is -2.52. The molecule has 3 amide bonds. The number of fused-ring (bicyclic) bond motifs is 1. The number of rotatable bonds is 19. The van der Waals surface area contributed by atoms with Crippen molar-refractivity contribution in [1.29, 1.82) is 0 Å². The van der Waals surface area contributed by atoms with E-state index in [1.165, 1.54) is 16.2 Å². The highest BCUT2D eigenvalue weighted by Gasteiger charge is 2.44. The number of ketones is 2. The number of benzene rings is 3. The maximum Gasteiger partial charge on any atom is 0.408 e. The number of Topliss-reactive ketones (excluding diaryl/α,β-unsaturated/α-hetero) is 2. The van der Waals surface area contributed by atoms with E-state index in [1.54, 1.807) is 24.3 Å². The Labute approximate surface area is 334 Å². The quantitative estimate of drug-likeness (QED) is 0.0608. The van der Waals surface area contributed by atoms with Crippen LogP contribution in [0.25, 0.3) is 11.1 Å². The number of oxazole rings is 1. The first kappa shape index (κ1) is 40.8. The number of nitrogens with two attached hydrogens (primary N) is 1. The zero-order valence-electron chi connectivity index (χ0n) is 31.5. The monoisotopic (exact) mass is 793 g/mol. The van der Waals surface area contributed by atoms with Gasteiger partial charge in [-0.1, -0.05) is 85.3 Å². The highest BCUT2D eigenvalue weighted by Crippen LogP contribution is 2.29. The molecule has 3 heterocycles. The molecule has 0 radical (unpaired) electrons. The smallest absolute Gasteiger partial charge is 0.408 e. The van der Waals surface area contributed by atoms with Crippen LogP contribution in [-0.4, -0.2) is 70.8 Å². The van der Waals surface area contributed by atoms with Gasteiger partial charge in [-0.15, -0.1) is 11.3 Å². The summed E-state index contributed by atoms with van der Waals surface area (Å²) in [6.45, 7) is 0.572. The molecule has 57 heavy (non-hydrogen) atoms. The molecule has 0 unspecified atom stereocenters. The minimum atomic E-state index is -1.09. The van der Waals surface area contributed by atoms with E-state index in [1.807, 2.05) is 78.2 Å². The van der Waals surface area contributed by atoms with Gasteiger partial charge >= 0.3 is 12.2 Å². The number of aromatic nitrogens is 1. The largest absolute Gasteiger partial charge is 0.445 e. The van der Waals surface area contributed by atoms with Crippen molar-refractivity contribution < 1.29 is 37.9 Å². The molecule has 1 aliphatic heterocycles. The third-order valence-electron chi connectivity index (χ3n) is 9.88. The summed E-state index contributed by atoms with van der Waals surface area (Å²) >= 11 is 1.49. The second kappa shape index (κ2) is 20.3. The highest BCUT2D eigenvalue weighted by atomic mass is 32.1. The van der Waals surface area contributed by atoms with Crippen LogP contribution in [0.15, 0.2) is 107 Å². The number of carbonyl (C=O) groups excluding carboxylic acids is 5. The lowest BCUT2D eigenvalue weighted by molar-refractivity contribution is -0.139. The molecule has 1 aliphatic rings. The fourth-order valence-corrected chi connectivity index (χ4v) is 7.55. The van der Waals surface area contributed by atoms with Crippen LogP contribution in [0.3, 0.4) is 0 Å². The Morgan fingerprint density at radius 1 is 0.877 bits per heavy atom. The van der Waals surface area contributed by atoms with Crippen molar-refractivity contribution in [3.63, 3.8) is 0 Å². The summed E-state index contributed by atoms with van der Waals surface area (Å²) in [5.41, 5.74) is 8.47. The van der Waals surface area contributed by atoms with Crippen LogP contribution in [-0.2, 0) is 38.6 Å². The number of nitrogens with zero attached hydrogens (tertiary/aromatic N) is 2. The summed E-state index contributed by atoms with van der Waals surface area (Å²) in [5, 5.41) is 7.38. The van der Waals surface area contributed by atoms with Gasteiger partial charge in [0.15, 0.2) is 11.4 Å². The SMILES string of the molecule is NCCCC[C@H](CC(=O)[C@@H]1C[C@@H](OC(=O)NCc2cccs2)CN1C(=O)[C@@H](CCc1ccccc1)NC(=O)OCc1ccccc1)C(=O)c1nc2ccccc2o1. The lowest BCUT2D eigenvalue weighted by Gasteiger charge is -2.29. The molecule has 2 aromatic heterocycles. The van der Waals surface area contributed by atoms with Crippen LogP contribution in [0, 0.1) is 5.92 Å². The Balaban J connectivity index is 1.22. The van der Waals surface area contributed by atoms with Crippen LogP contribution < -0.4 is 16.4 Å². The van der Waals surface area contributed by atoms with Gasteiger partial charge in [0.2, 0.25) is 11.7 Å². The normalized spacial score (nSPS) is 16.1. The zero-order chi connectivity index (χ0) is 40.0. The molecule has 0 spiro atoms. The molecule has 0 aliphatic carbocycles. The van der Waals surface area contributed by atoms with E-state index in [4.69, 9.17) is 19.6 Å². The van der Waals surface area contributed by atoms with E-state index in [9.17, 15) is 24.0 Å². The molecule has 0 saturated carbocycles. The number of para-hydroxylation sites is 2. The van der Waals surface area contributed by atoms with E-state index in [2.05, 4.69) is 15.6 Å². The van der Waals surface area contributed by atoms with Crippen molar-refractivity contribution in [1.82, 2.24) is 20.5 Å². The number of likely N-dealkylation sites (tertiary alicyclic amines) is 1. The van der Waals surface area contributed by atoms with E-state index in [0.29, 0.717) is 43.3 Å². The van der Waals surface area contributed by atoms with Crippen molar-refractivity contribution >= 4 is 52.1 Å². The number of hydrogen-bond acceptors (Lipinski definition) is 11. The minimum Gasteiger partial charge on any atom is -0.445 e. The molecule has 13 nitrogen and oxygen atoms in total. The second-order valence-electron chi connectivity index (χ2n) is 14.0. The van der Waals surface area contributed by atoms with Gasteiger partial charge in [-0.2, -0.15) is 0 Å². The van der Waals surface area contributed by atoms with E-state index >= 15 is 0 Å². The average molecular weight is 794 g/mol. The molecule has 298 valence electrons. The Bertz CT molecular complexity index is 2060. The molecule has 3 aromatic carbocycles. The maximum absolute atomic E-state index is 14.6. The van der Waals surface area contributed by atoms with Crippen LogP contribution in [0.2, 0.25) is 0 Å². The molecule has 5 aromatic rings. The minimum absolute atomic E-state index is 0.00669. The van der Waals surface area contributed by atoms with Crippen molar-refractivity contribution in [2.45, 2.75) is 76.3 Å². The Hall–Kier alpha value is -5.86. The number of ether oxygens (including phenoxy) is 2. The summed E-state index contributed by atoms with van der Waals surface area (Å²) in [4.78, 5) is 75.8. The number of amides is 3. The third kappa shape index (κ3) is 11.6. The standard InChI is InChI=1S/C43H47N5O8S/c44-22-10-9-16-31(39(50)40-46-34-18-7-8-19-38(34)56-40)24-37(49)36-25-32(55-42(52)45-26-33-17-11-23-57-33)27-48(36)41(51)35(21-20-29-12-3-1-4-13-29)47-43(53)54-28-30-14-5-2-6-15-30/h1-8,11-15,17-19,23,31-32,35-36H,9-10,16,20-22,24-28,44H2,(H,45,52)(H,47,53)/t31-,32-,35-,36+/m1/s1. The third-order valence-corrected chi connectivity index (χ3v) is 10.8. The topological polar surface area (TPSA) is 183 Å². The van der Waals surface area contributed by atoms with Gasteiger partial charge in [0.05, 0.1) is 19.1 Å². The van der Waals surface area contributed by atoms with Crippen LogP contribution >= 0.6 is 11.3 Å². The van der Waals surface area contributed by atoms with Gasteiger partial charge in [-0.25, -0.2) is 14.6 Å². The van der Waals surface area contributed by atoms with Gasteiger partial charge in [0.25, 0.3) is 5.89 Å². The Kier molecular flexibility index (Phi) is 14.6. The second-order valence-corrected chi connectivity index (χ2v) is 15.0. The van der Waals surface area contributed by atoms with Gasteiger partial charge in [0, 0.05) is 23.6 Å². The number of unbranched alkanes of at least 4 members (excludes halogenated alkanes) is 1. The Morgan fingerprint density at radius 3 is 2.33 bits per heavy atom. The fourth-order valence-electron chi connectivity index (χ4n) is 6.91. The molecule has 14 heteroatoms. The average Bonchev–Trinajstić information content (AvgIpc) is 4.01. The van der Waals surface area contributed by atoms with Gasteiger partial charge in [-0.05, 0) is 66.9 Å². The number of alkyl carbamates (subject to hydrolysis) is 2. The number of thiophene rings is 1. The molecule has 0 bridgehead atoms. The van der Waals surface area contributed by atoms with Crippen LogP contribution in [0.4, 0.5) is 9.59 Å². The van der Waals surface area contributed by atoms with Gasteiger partial charge in [0.1, 0.15) is 24.3 Å². The van der Waals surface area contributed by atoms with Crippen LogP contribution in [0.5, 0.6) is 0 Å². The van der Waals surface area contributed by atoms with Crippen molar-refractivity contribution in [2.75, 3.05) is 13.1 Å². The summed E-state index contributed by atoms with van der Waals surface area (Å²) in [6, 6.07) is 27.3. The molecule has 4 atom stereocenters. The summed E-state index contributed by atoms with van der Waals surface area (Å²) in [7, 11) is 0. The highest BCUT2D eigenvalue weighted by molar-refractivity contribution is 7.09. The van der Waals surface area contributed by atoms with Gasteiger partial charge < -0.3 is 35.2 Å². The fraction of sp³-hybridized carbons (Fsp3) is 0.349. The summed E-state index contributed by atoms with van der Waals surface area (Å²) in [5.74, 6) is -2.23. The predicted molar refractivity (Wildman–Crippen MR) is 214 cm³/mol. The van der Waals surface area contributed by atoms with Gasteiger partial charge in [-0.3, -0.25) is 14.4 Å². The van der Waals surface area contributed by atoms with Crippen molar-refractivity contribution in [2.24, 2.45) is 11.7 Å². The zero-order valence-corrected chi connectivity index (χ0v) is 32.4. The maximum atomic E-state index is 14.6. The summed E-state index contributed by atoms with van der Waals surface area (Å²) in [6.07, 6.45) is -0.314. The van der Waals surface area contributed by atoms with Crippen LogP contribution in [0.1, 0.15) is 65.2 Å². The summed E-state index contributed by atoms with van der Waals surface area (Å²) < 4.78 is 17.1. The molecule has 1 saturated heterocycles. The molecule has 4 N–H and O–H groups in total. The number of aryl methyl sites for hydroxylation is 1. The Morgan fingerprint density at radius 2 is 1.61 bits per heavy atom.